The molecule has 0 bridgehead atoms. The number of aromatic amines is 1. The van der Waals surface area contributed by atoms with Crippen molar-refractivity contribution in [3.05, 3.63) is 88.2 Å². The molecule has 0 spiro atoms. The monoisotopic (exact) mass is 462 g/mol. The molecule has 0 radical (unpaired) electrons. The molecule has 0 amide bonds. The van der Waals surface area contributed by atoms with Gasteiger partial charge in [-0.3, -0.25) is 14.4 Å². The van der Waals surface area contributed by atoms with Crippen molar-refractivity contribution in [1.29, 1.82) is 0 Å². The summed E-state index contributed by atoms with van der Waals surface area (Å²) in [6.45, 7) is 0.329. The number of nitrogens with one attached hydrogen (secondary N) is 1. The van der Waals surface area contributed by atoms with Gasteiger partial charge < -0.3 is 15.3 Å². The minimum Gasteiger partial charge on any atom is -0.348 e. The lowest BCUT2D eigenvalue weighted by Gasteiger charge is -2.15. The normalized spacial score (nSPS) is 12.8. The van der Waals surface area contributed by atoms with Gasteiger partial charge >= 0.3 is 0 Å². The van der Waals surface area contributed by atoms with Crippen LogP contribution in [0.2, 0.25) is 0 Å². The topological polar surface area (TPSA) is 111 Å². The van der Waals surface area contributed by atoms with Crippen LogP contribution in [0.5, 0.6) is 0 Å². The molecule has 0 fully saturated rings. The highest BCUT2D eigenvalue weighted by Crippen LogP contribution is 2.39. The van der Waals surface area contributed by atoms with E-state index in [1.165, 1.54) is 0 Å². The third-order valence-corrected chi connectivity index (χ3v) is 6.05. The molecule has 2 heterocycles. The minimum atomic E-state index is -0.628. The van der Waals surface area contributed by atoms with E-state index in [2.05, 4.69) is 9.97 Å². The summed E-state index contributed by atoms with van der Waals surface area (Å²) in [5.74, 6) is -0.139. The smallest absolute Gasteiger partial charge is 0.258 e. The Morgan fingerprint density at radius 3 is 2.45 bits per heavy atom. The van der Waals surface area contributed by atoms with Crippen LogP contribution < -0.4 is 11.3 Å². The number of pyridine rings is 1. The molecule has 33 heavy (non-hydrogen) atoms. The first-order valence-electron chi connectivity index (χ1n) is 10.6. The summed E-state index contributed by atoms with van der Waals surface area (Å²) in [5, 5.41) is 1.18. The number of fused-ring (bicyclic) bond motifs is 5. The fourth-order valence-electron chi connectivity index (χ4n) is 4.49. The molecule has 0 saturated heterocycles. The summed E-state index contributed by atoms with van der Waals surface area (Å²) in [5.41, 5.74) is 9.27. The maximum absolute atomic E-state index is 13.4. The maximum atomic E-state index is 13.4. The number of halogens is 1. The Morgan fingerprint density at radius 1 is 1.03 bits per heavy atom. The van der Waals surface area contributed by atoms with Crippen molar-refractivity contribution in [3.63, 3.8) is 0 Å². The van der Waals surface area contributed by atoms with Gasteiger partial charge in [0.25, 0.3) is 5.56 Å². The lowest BCUT2D eigenvalue weighted by molar-refractivity contribution is -0.120. The van der Waals surface area contributed by atoms with Crippen LogP contribution in [0.3, 0.4) is 0 Å². The molecule has 2 aromatic heterocycles. The Morgan fingerprint density at radius 2 is 1.73 bits per heavy atom. The number of hydrogen-bond acceptors (Lipinski definition) is 5. The maximum Gasteiger partial charge on any atom is 0.258 e. The average Bonchev–Trinajstić information content (AvgIpc) is 3.42. The van der Waals surface area contributed by atoms with Crippen LogP contribution in [0.15, 0.2) is 65.8 Å². The van der Waals surface area contributed by atoms with Crippen LogP contribution in [-0.2, 0) is 17.8 Å². The summed E-state index contributed by atoms with van der Waals surface area (Å²) in [6.07, 6.45) is 4.30. The Kier molecular flexibility index (Phi) is 6.26. The van der Waals surface area contributed by atoms with E-state index in [0.717, 1.165) is 11.3 Å². The van der Waals surface area contributed by atoms with E-state index in [-0.39, 0.29) is 36.0 Å². The molecule has 0 saturated carbocycles. The van der Waals surface area contributed by atoms with Crippen LogP contribution in [0.4, 0.5) is 0 Å². The van der Waals surface area contributed by atoms with Crippen molar-refractivity contribution >= 4 is 34.7 Å². The predicted molar refractivity (Wildman–Crippen MR) is 129 cm³/mol. The van der Waals surface area contributed by atoms with E-state index < -0.39 is 6.04 Å². The molecular weight excluding hydrogens is 440 g/mol. The van der Waals surface area contributed by atoms with E-state index in [0.29, 0.717) is 47.0 Å². The highest BCUT2D eigenvalue weighted by atomic mass is 35.5. The highest BCUT2D eigenvalue weighted by molar-refractivity contribution is 6.26. The lowest BCUT2D eigenvalue weighted by Crippen LogP contribution is -2.33. The molecule has 8 heteroatoms. The Balaban J connectivity index is 0.00000259. The number of hydrogen-bond donors (Lipinski definition) is 2. The molecule has 1 aliphatic carbocycles. The van der Waals surface area contributed by atoms with E-state index in [1.807, 2.05) is 30.3 Å². The van der Waals surface area contributed by atoms with Gasteiger partial charge in [-0.1, -0.05) is 42.5 Å². The molecule has 5 rings (SSSR count). The first-order chi connectivity index (χ1) is 15.6. The van der Waals surface area contributed by atoms with Crippen molar-refractivity contribution in [2.75, 3.05) is 0 Å². The van der Waals surface area contributed by atoms with Gasteiger partial charge in [0.15, 0.2) is 5.78 Å². The molecule has 1 unspecified atom stereocenters. The van der Waals surface area contributed by atoms with Gasteiger partial charge in [-0.05, 0) is 12.5 Å². The zero-order valence-corrected chi connectivity index (χ0v) is 18.6. The van der Waals surface area contributed by atoms with Gasteiger partial charge in [-0.25, -0.2) is 4.98 Å². The van der Waals surface area contributed by atoms with Gasteiger partial charge in [-0.15, -0.1) is 12.4 Å². The SMILES string of the molecule is Cl.NC(Cc1cnc[nH]1)C(=O)CCCn1c2c(c3ccccc3c1=O)C(=O)c1ccccc1-2. The van der Waals surface area contributed by atoms with Gasteiger partial charge in [-0.2, -0.15) is 0 Å². The van der Waals surface area contributed by atoms with Crippen molar-refractivity contribution in [2.24, 2.45) is 5.73 Å². The molecule has 4 aromatic rings. The number of ketones is 2. The second kappa shape index (κ2) is 9.13. The third-order valence-electron chi connectivity index (χ3n) is 6.05. The number of H-pyrrole nitrogens is 1. The molecular formula is C25H23ClN4O3. The Bertz CT molecular complexity index is 1410. The second-order valence-electron chi connectivity index (χ2n) is 8.06. The zero-order valence-electron chi connectivity index (χ0n) is 17.8. The van der Waals surface area contributed by atoms with E-state index in [1.54, 1.807) is 35.3 Å². The number of aromatic nitrogens is 3. The van der Waals surface area contributed by atoms with Gasteiger partial charge in [0.05, 0.1) is 23.6 Å². The molecule has 168 valence electrons. The Labute approximate surface area is 196 Å². The summed E-state index contributed by atoms with van der Waals surface area (Å²) >= 11 is 0. The van der Waals surface area contributed by atoms with Crippen LogP contribution in [0.25, 0.3) is 22.0 Å². The summed E-state index contributed by atoms with van der Waals surface area (Å²) in [4.78, 5) is 46.0. The quantitative estimate of drug-likeness (QED) is 0.385. The van der Waals surface area contributed by atoms with Crippen LogP contribution in [0, 0.1) is 0 Å². The average molecular weight is 463 g/mol. The molecule has 0 aliphatic heterocycles. The standard InChI is InChI=1S/C25H22N4O3.ClH/c26-20(12-15-13-27-14-28-15)21(30)10-5-11-29-23-17-7-2-3-8-18(17)24(31)22(23)16-6-1-4-9-19(16)25(29)32;/h1-4,6-9,13-14,20H,5,10-12,26H2,(H,27,28);1H. The minimum absolute atomic E-state index is 0. The number of rotatable bonds is 7. The fraction of sp³-hybridized carbons (Fsp3) is 0.200. The van der Waals surface area contributed by atoms with Crippen molar-refractivity contribution in [2.45, 2.75) is 31.8 Å². The molecule has 3 N–H and O–H groups in total. The summed E-state index contributed by atoms with van der Waals surface area (Å²) < 4.78 is 1.65. The zero-order chi connectivity index (χ0) is 22.2. The summed E-state index contributed by atoms with van der Waals surface area (Å²) in [7, 11) is 0. The summed E-state index contributed by atoms with van der Waals surface area (Å²) in [6, 6.07) is 13.9. The number of carbonyl (C=O) groups is 2. The van der Waals surface area contributed by atoms with Crippen molar-refractivity contribution < 1.29 is 9.59 Å². The molecule has 1 aliphatic rings. The second-order valence-corrected chi connectivity index (χ2v) is 8.06. The number of carbonyl (C=O) groups excluding carboxylic acids is 2. The first kappa shape index (κ1) is 22.6. The number of Topliss-reactive ketones (excluding diaryl/α,β-unsaturated/α-hetero) is 1. The fourth-order valence-corrected chi connectivity index (χ4v) is 4.49. The van der Waals surface area contributed by atoms with Crippen LogP contribution in [-0.4, -0.2) is 32.1 Å². The van der Waals surface area contributed by atoms with Crippen molar-refractivity contribution in [1.82, 2.24) is 14.5 Å². The van der Waals surface area contributed by atoms with E-state index in [9.17, 15) is 14.4 Å². The van der Waals surface area contributed by atoms with E-state index >= 15 is 0 Å². The van der Waals surface area contributed by atoms with Gasteiger partial charge in [0.2, 0.25) is 0 Å². The highest BCUT2D eigenvalue weighted by Gasteiger charge is 2.32. The third kappa shape index (κ3) is 3.90. The number of imidazole rings is 1. The van der Waals surface area contributed by atoms with Gasteiger partial charge in [0.1, 0.15) is 5.78 Å². The molecule has 1 atom stereocenters. The number of nitrogens with two attached hydrogens (primary N) is 1. The first-order valence-corrected chi connectivity index (χ1v) is 10.6. The predicted octanol–water partition coefficient (Wildman–Crippen LogP) is 3.28. The van der Waals surface area contributed by atoms with Gasteiger partial charge in [0, 0.05) is 53.2 Å². The van der Waals surface area contributed by atoms with Crippen LogP contribution >= 0.6 is 12.4 Å². The molecule has 2 aromatic carbocycles. The van der Waals surface area contributed by atoms with Crippen molar-refractivity contribution in [3.8, 4) is 11.3 Å². The number of benzene rings is 2. The van der Waals surface area contributed by atoms with Crippen LogP contribution in [0.1, 0.15) is 34.5 Å². The lowest BCUT2D eigenvalue weighted by atomic mass is 10.0. The largest absolute Gasteiger partial charge is 0.348 e. The van der Waals surface area contributed by atoms with E-state index in [4.69, 9.17) is 5.73 Å². The molecule has 7 nitrogen and oxygen atoms in total. The Hall–Kier alpha value is -3.55. The number of nitrogens with zero attached hydrogens (tertiary/aromatic N) is 2.